The first-order valence-electron chi connectivity index (χ1n) is 3.68. The lowest BCUT2D eigenvalue weighted by molar-refractivity contribution is 0.264. The van der Waals surface area contributed by atoms with Gasteiger partial charge in [0.1, 0.15) is 0 Å². The van der Waals surface area contributed by atoms with Gasteiger partial charge in [-0.05, 0) is 19.0 Å². The topological polar surface area (TPSA) is 9.23 Å². The fraction of sp³-hybridized carbons (Fsp3) is 1.00. The summed E-state index contributed by atoms with van der Waals surface area (Å²) < 4.78 is 5.73. The summed E-state index contributed by atoms with van der Waals surface area (Å²) in [4.78, 5) is 1.03. The third kappa shape index (κ3) is 5.44. The van der Waals surface area contributed by atoms with Crippen LogP contribution in [0.5, 0.6) is 0 Å². The molecule has 0 fully saturated rings. The molecule has 0 saturated heterocycles. The largest absolute Gasteiger partial charge is 0.416 e. The van der Waals surface area contributed by atoms with E-state index in [4.69, 9.17) is 4.43 Å². The predicted octanol–water partition coefficient (Wildman–Crippen LogP) is 2.80. The molecule has 0 aromatic rings. The molecule has 0 spiro atoms. The van der Waals surface area contributed by atoms with Gasteiger partial charge in [-0.1, -0.05) is 29.8 Å². The summed E-state index contributed by atoms with van der Waals surface area (Å²) in [5.74, 6) is 0.658. The molecule has 0 bridgehead atoms. The van der Waals surface area contributed by atoms with Gasteiger partial charge in [0.25, 0.3) is 0 Å². The molecular weight excluding hydrogens is 208 g/mol. The molecule has 0 saturated carbocycles. The first-order valence-corrected chi connectivity index (χ1v) is 7.91. The Morgan fingerprint density at radius 1 is 1.40 bits per heavy atom. The highest BCUT2D eigenvalue weighted by Crippen LogP contribution is 2.09. The lowest BCUT2D eigenvalue weighted by Gasteiger charge is -2.21. The first kappa shape index (κ1) is 10.7. The Morgan fingerprint density at radius 3 is 2.20 bits per heavy atom. The molecule has 0 aromatic carbocycles. The maximum Gasteiger partial charge on any atom is 0.197 e. The SMILES string of the molecule is CC(C)CO[Si](C)(C)CBr. The van der Waals surface area contributed by atoms with E-state index >= 15 is 0 Å². The molecule has 0 N–H and O–H groups in total. The third-order valence-corrected chi connectivity index (χ3v) is 6.77. The lowest BCUT2D eigenvalue weighted by Crippen LogP contribution is -2.34. The van der Waals surface area contributed by atoms with Gasteiger partial charge in [0.2, 0.25) is 0 Å². The van der Waals surface area contributed by atoms with Gasteiger partial charge < -0.3 is 4.43 Å². The molecule has 10 heavy (non-hydrogen) atoms. The van der Waals surface area contributed by atoms with Gasteiger partial charge in [0.05, 0.1) is 0 Å². The van der Waals surface area contributed by atoms with Gasteiger partial charge in [-0.15, -0.1) is 0 Å². The molecule has 0 heterocycles. The van der Waals surface area contributed by atoms with Gasteiger partial charge in [-0.25, -0.2) is 0 Å². The lowest BCUT2D eigenvalue weighted by atomic mass is 10.2. The Morgan fingerprint density at radius 2 is 1.90 bits per heavy atom. The van der Waals surface area contributed by atoms with Gasteiger partial charge in [-0.2, -0.15) is 0 Å². The Labute approximate surface area is 73.4 Å². The van der Waals surface area contributed by atoms with E-state index in [9.17, 15) is 0 Å². The number of alkyl halides is 1. The molecule has 0 aliphatic carbocycles. The molecule has 62 valence electrons. The highest BCUT2D eigenvalue weighted by Gasteiger charge is 2.20. The highest BCUT2D eigenvalue weighted by atomic mass is 79.9. The molecule has 0 atom stereocenters. The zero-order valence-electron chi connectivity index (χ0n) is 7.28. The molecule has 0 radical (unpaired) electrons. The van der Waals surface area contributed by atoms with E-state index in [0.717, 1.165) is 11.6 Å². The summed E-state index contributed by atoms with van der Waals surface area (Å²) in [6.07, 6.45) is 0. The van der Waals surface area contributed by atoms with Gasteiger partial charge in [-0.3, -0.25) is 0 Å². The van der Waals surface area contributed by atoms with E-state index in [1.54, 1.807) is 0 Å². The first-order chi connectivity index (χ1) is 4.48. The van der Waals surface area contributed by atoms with Crippen LogP contribution in [0.15, 0.2) is 0 Å². The van der Waals surface area contributed by atoms with Crippen LogP contribution in [0.3, 0.4) is 0 Å². The summed E-state index contributed by atoms with van der Waals surface area (Å²) >= 11 is 3.46. The summed E-state index contributed by atoms with van der Waals surface area (Å²) in [7, 11) is -1.32. The van der Waals surface area contributed by atoms with Crippen molar-refractivity contribution in [2.45, 2.75) is 26.9 Å². The monoisotopic (exact) mass is 224 g/mol. The zero-order valence-corrected chi connectivity index (χ0v) is 9.86. The maximum atomic E-state index is 5.73. The Kier molecular flexibility index (Phi) is 4.81. The number of rotatable bonds is 4. The molecule has 0 aliphatic heterocycles. The van der Waals surface area contributed by atoms with Crippen molar-refractivity contribution in [3.63, 3.8) is 0 Å². The summed E-state index contributed by atoms with van der Waals surface area (Å²) in [6.45, 7) is 9.72. The standard InChI is InChI=1S/C7H17BrOSi/c1-7(2)5-9-10(3,4)6-8/h7H,5-6H2,1-4H3. The van der Waals surface area contributed by atoms with Crippen LogP contribution in [0.25, 0.3) is 0 Å². The smallest absolute Gasteiger partial charge is 0.197 e. The van der Waals surface area contributed by atoms with Crippen molar-refractivity contribution in [3.05, 3.63) is 0 Å². The fourth-order valence-electron chi connectivity index (χ4n) is 0.431. The van der Waals surface area contributed by atoms with Gasteiger partial charge >= 0.3 is 0 Å². The second-order valence-corrected chi connectivity index (χ2v) is 9.36. The fourth-order valence-corrected chi connectivity index (χ4v) is 1.78. The van der Waals surface area contributed by atoms with Crippen LogP contribution >= 0.6 is 15.9 Å². The number of hydrogen-bond acceptors (Lipinski definition) is 1. The molecule has 0 rings (SSSR count). The van der Waals surface area contributed by atoms with Crippen molar-refractivity contribution in [1.82, 2.24) is 0 Å². The molecular formula is C7H17BrOSi. The highest BCUT2D eigenvalue weighted by molar-refractivity contribution is 9.09. The van der Waals surface area contributed by atoms with Crippen LogP contribution in [-0.4, -0.2) is 19.9 Å². The van der Waals surface area contributed by atoms with E-state index < -0.39 is 8.32 Å². The second-order valence-electron chi connectivity index (χ2n) is 3.60. The normalized spacial score (nSPS) is 12.6. The van der Waals surface area contributed by atoms with Crippen LogP contribution in [0.1, 0.15) is 13.8 Å². The maximum absolute atomic E-state index is 5.73. The Hall–Kier alpha value is 0.657. The third-order valence-electron chi connectivity index (χ3n) is 1.13. The minimum absolute atomic E-state index is 0.658. The van der Waals surface area contributed by atoms with Gasteiger partial charge in [0, 0.05) is 11.6 Å². The van der Waals surface area contributed by atoms with Crippen LogP contribution < -0.4 is 0 Å². The van der Waals surface area contributed by atoms with Crippen molar-refractivity contribution >= 4 is 24.2 Å². The summed E-state index contributed by atoms with van der Waals surface area (Å²) in [5, 5.41) is 0. The average molecular weight is 225 g/mol. The quantitative estimate of drug-likeness (QED) is 0.528. The Balaban J connectivity index is 3.46. The van der Waals surface area contributed by atoms with Gasteiger partial charge in [0.15, 0.2) is 8.32 Å². The minimum atomic E-state index is -1.32. The molecule has 1 nitrogen and oxygen atoms in total. The predicted molar refractivity (Wildman–Crippen MR) is 52.1 cm³/mol. The molecule has 0 aromatic heterocycles. The van der Waals surface area contributed by atoms with Crippen molar-refractivity contribution in [1.29, 1.82) is 0 Å². The van der Waals surface area contributed by atoms with Crippen LogP contribution in [-0.2, 0) is 4.43 Å². The van der Waals surface area contributed by atoms with E-state index in [1.807, 2.05) is 0 Å². The second kappa shape index (κ2) is 4.52. The van der Waals surface area contributed by atoms with Crippen LogP contribution in [0, 0.1) is 5.92 Å². The average Bonchev–Trinajstić information content (AvgIpc) is 1.85. The van der Waals surface area contributed by atoms with Crippen molar-refractivity contribution in [2.24, 2.45) is 5.92 Å². The zero-order chi connectivity index (χ0) is 8.20. The van der Waals surface area contributed by atoms with Crippen molar-refractivity contribution < 1.29 is 4.43 Å². The summed E-state index contributed by atoms with van der Waals surface area (Å²) in [5.41, 5.74) is 0. The summed E-state index contributed by atoms with van der Waals surface area (Å²) in [6, 6.07) is 0. The molecule has 0 aliphatic rings. The van der Waals surface area contributed by atoms with Crippen molar-refractivity contribution in [3.8, 4) is 0 Å². The minimum Gasteiger partial charge on any atom is -0.416 e. The van der Waals surface area contributed by atoms with E-state index in [1.165, 1.54) is 0 Å². The van der Waals surface area contributed by atoms with Crippen LogP contribution in [0.2, 0.25) is 13.1 Å². The van der Waals surface area contributed by atoms with E-state index in [0.29, 0.717) is 5.92 Å². The van der Waals surface area contributed by atoms with E-state index in [2.05, 4.69) is 42.9 Å². The molecule has 0 unspecified atom stereocenters. The van der Waals surface area contributed by atoms with Crippen molar-refractivity contribution in [2.75, 3.05) is 11.6 Å². The number of halogens is 1. The van der Waals surface area contributed by atoms with Crippen LogP contribution in [0.4, 0.5) is 0 Å². The van der Waals surface area contributed by atoms with E-state index in [-0.39, 0.29) is 0 Å². The molecule has 0 amide bonds. The molecule has 3 heteroatoms. The Bertz CT molecular complexity index is 93.6. The number of hydrogen-bond donors (Lipinski definition) is 0.